The van der Waals surface area contributed by atoms with E-state index in [0.29, 0.717) is 17.1 Å². The van der Waals surface area contributed by atoms with Gasteiger partial charge in [0.05, 0.1) is 6.17 Å². The summed E-state index contributed by atoms with van der Waals surface area (Å²) in [6.45, 7) is 0. The standard InChI is InChI=1S/C10H13ClN4O/c11-6-2-1-3-7(4-6)13-10(16)8-5-9(12)15-14-8/h1-4,8-9,14-15H,5,12H2,(H,13,16). The number of amides is 1. The summed E-state index contributed by atoms with van der Waals surface area (Å²) in [6, 6.07) is 6.70. The minimum absolute atomic E-state index is 0.122. The van der Waals surface area contributed by atoms with Gasteiger partial charge in [0.25, 0.3) is 0 Å². The molecular formula is C10H13ClN4O. The van der Waals surface area contributed by atoms with Crippen LogP contribution in [0.5, 0.6) is 0 Å². The lowest BCUT2D eigenvalue weighted by Gasteiger charge is -2.10. The molecule has 1 aliphatic rings. The van der Waals surface area contributed by atoms with Gasteiger partial charge in [-0.1, -0.05) is 17.7 Å². The van der Waals surface area contributed by atoms with Gasteiger partial charge in [-0.25, -0.2) is 10.9 Å². The zero-order chi connectivity index (χ0) is 11.5. The molecule has 0 bridgehead atoms. The van der Waals surface area contributed by atoms with Crippen LogP contribution in [-0.4, -0.2) is 18.1 Å². The molecule has 5 N–H and O–H groups in total. The summed E-state index contributed by atoms with van der Waals surface area (Å²) in [6.07, 6.45) is 0.377. The Morgan fingerprint density at radius 2 is 2.31 bits per heavy atom. The van der Waals surface area contributed by atoms with Crippen molar-refractivity contribution in [3.8, 4) is 0 Å². The Labute approximate surface area is 98.3 Å². The first kappa shape index (κ1) is 11.3. The number of nitrogens with one attached hydrogen (secondary N) is 3. The summed E-state index contributed by atoms with van der Waals surface area (Å²) in [7, 11) is 0. The fourth-order valence-electron chi connectivity index (χ4n) is 1.55. The number of hydrogen-bond donors (Lipinski definition) is 4. The summed E-state index contributed by atoms with van der Waals surface area (Å²) < 4.78 is 0. The second-order valence-corrected chi connectivity index (χ2v) is 4.12. The van der Waals surface area contributed by atoms with Gasteiger partial charge in [0.1, 0.15) is 6.04 Å². The maximum atomic E-state index is 11.8. The first-order valence-electron chi connectivity index (χ1n) is 4.98. The molecule has 0 radical (unpaired) electrons. The smallest absolute Gasteiger partial charge is 0.242 e. The second kappa shape index (κ2) is 4.80. The lowest BCUT2D eigenvalue weighted by atomic mass is 10.2. The van der Waals surface area contributed by atoms with E-state index >= 15 is 0 Å². The Hall–Kier alpha value is -1.14. The first-order chi connectivity index (χ1) is 7.65. The summed E-state index contributed by atoms with van der Waals surface area (Å²) in [5.41, 5.74) is 11.9. The molecule has 6 heteroatoms. The van der Waals surface area contributed by atoms with Crippen molar-refractivity contribution < 1.29 is 4.79 Å². The van der Waals surface area contributed by atoms with E-state index in [2.05, 4.69) is 16.2 Å². The molecular weight excluding hydrogens is 228 g/mol. The third-order valence-electron chi connectivity index (χ3n) is 2.34. The fraction of sp³-hybridized carbons (Fsp3) is 0.300. The molecule has 0 aliphatic carbocycles. The highest BCUT2D eigenvalue weighted by Crippen LogP contribution is 2.15. The number of anilines is 1. The van der Waals surface area contributed by atoms with Crippen LogP contribution >= 0.6 is 11.6 Å². The Bertz CT molecular complexity index is 398. The zero-order valence-corrected chi connectivity index (χ0v) is 9.29. The summed E-state index contributed by atoms with van der Waals surface area (Å²) >= 11 is 5.81. The van der Waals surface area contributed by atoms with E-state index in [1.54, 1.807) is 24.3 Å². The van der Waals surface area contributed by atoms with E-state index in [9.17, 15) is 4.79 Å². The summed E-state index contributed by atoms with van der Waals surface area (Å²) in [5, 5.41) is 3.35. The molecule has 1 aliphatic heterocycles. The van der Waals surface area contributed by atoms with Gasteiger partial charge in [-0.3, -0.25) is 4.79 Å². The van der Waals surface area contributed by atoms with Crippen molar-refractivity contribution in [3.63, 3.8) is 0 Å². The van der Waals surface area contributed by atoms with Crippen LogP contribution in [0, 0.1) is 0 Å². The van der Waals surface area contributed by atoms with Gasteiger partial charge < -0.3 is 11.1 Å². The monoisotopic (exact) mass is 240 g/mol. The Morgan fingerprint density at radius 1 is 1.50 bits per heavy atom. The van der Waals surface area contributed by atoms with E-state index < -0.39 is 0 Å². The predicted octanol–water partition coefficient (Wildman–Crippen LogP) is 0.430. The molecule has 2 atom stereocenters. The lowest BCUT2D eigenvalue weighted by Crippen LogP contribution is -2.41. The third kappa shape index (κ3) is 2.70. The maximum absolute atomic E-state index is 11.8. The molecule has 1 heterocycles. The first-order valence-corrected chi connectivity index (χ1v) is 5.36. The molecule has 1 fully saturated rings. The molecule has 1 aromatic rings. The molecule has 0 saturated carbocycles. The Kier molecular flexibility index (Phi) is 3.40. The van der Waals surface area contributed by atoms with Gasteiger partial charge in [0.15, 0.2) is 0 Å². The second-order valence-electron chi connectivity index (χ2n) is 3.68. The molecule has 0 spiro atoms. The Balaban J connectivity index is 1.97. The minimum Gasteiger partial charge on any atom is -0.325 e. The highest BCUT2D eigenvalue weighted by atomic mass is 35.5. The van der Waals surface area contributed by atoms with Crippen LogP contribution in [0.15, 0.2) is 24.3 Å². The van der Waals surface area contributed by atoms with Crippen molar-refractivity contribution in [3.05, 3.63) is 29.3 Å². The van der Waals surface area contributed by atoms with E-state index in [4.69, 9.17) is 17.3 Å². The molecule has 2 rings (SSSR count). The number of benzene rings is 1. The fourth-order valence-corrected chi connectivity index (χ4v) is 1.74. The van der Waals surface area contributed by atoms with Crippen LogP contribution in [0.25, 0.3) is 0 Å². The van der Waals surface area contributed by atoms with Crippen LogP contribution in [0.3, 0.4) is 0 Å². The molecule has 0 aromatic heterocycles. The predicted molar refractivity (Wildman–Crippen MR) is 62.7 cm³/mol. The number of carbonyl (C=O) groups excluding carboxylic acids is 1. The van der Waals surface area contributed by atoms with Crippen LogP contribution < -0.4 is 21.9 Å². The summed E-state index contributed by atoms with van der Waals surface area (Å²) in [5.74, 6) is -0.122. The number of carbonyl (C=O) groups is 1. The minimum atomic E-state index is -0.311. The van der Waals surface area contributed by atoms with Gasteiger partial charge in [0, 0.05) is 17.1 Å². The zero-order valence-electron chi connectivity index (χ0n) is 8.53. The van der Waals surface area contributed by atoms with Crippen molar-refractivity contribution >= 4 is 23.2 Å². The van der Waals surface area contributed by atoms with Crippen molar-refractivity contribution in [1.29, 1.82) is 0 Å². The van der Waals surface area contributed by atoms with Gasteiger partial charge in [-0.05, 0) is 18.2 Å². The molecule has 2 unspecified atom stereocenters. The van der Waals surface area contributed by atoms with E-state index in [1.165, 1.54) is 0 Å². The number of hydrogen-bond acceptors (Lipinski definition) is 4. The van der Waals surface area contributed by atoms with Crippen LogP contribution in [0.2, 0.25) is 5.02 Å². The number of halogens is 1. The molecule has 1 aromatic carbocycles. The lowest BCUT2D eigenvalue weighted by molar-refractivity contribution is -0.117. The molecule has 1 amide bonds. The van der Waals surface area contributed by atoms with E-state index in [1.807, 2.05) is 0 Å². The number of hydrazine groups is 1. The number of rotatable bonds is 2. The largest absolute Gasteiger partial charge is 0.325 e. The Morgan fingerprint density at radius 3 is 2.94 bits per heavy atom. The highest BCUT2D eigenvalue weighted by molar-refractivity contribution is 6.30. The average molecular weight is 241 g/mol. The SMILES string of the molecule is NC1CC(C(=O)Nc2cccc(Cl)c2)NN1. The third-order valence-corrected chi connectivity index (χ3v) is 2.58. The van der Waals surface area contributed by atoms with E-state index in [0.717, 1.165) is 0 Å². The van der Waals surface area contributed by atoms with Gasteiger partial charge in [-0.15, -0.1) is 0 Å². The average Bonchev–Trinajstić information content (AvgIpc) is 2.65. The van der Waals surface area contributed by atoms with Crippen molar-refractivity contribution in [2.24, 2.45) is 5.73 Å². The molecule has 5 nitrogen and oxygen atoms in total. The van der Waals surface area contributed by atoms with Gasteiger partial charge >= 0.3 is 0 Å². The summed E-state index contributed by atoms with van der Waals surface area (Å²) in [4.78, 5) is 11.8. The molecule has 16 heavy (non-hydrogen) atoms. The maximum Gasteiger partial charge on any atom is 0.242 e. The van der Waals surface area contributed by atoms with Crippen LogP contribution in [0.4, 0.5) is 5.69 Å². The highest BCUT2D eigenvalue weighted by Gasteiger charge is 2.26. The molecule has 1 saturated heterocycles. The molecule has 86 valence electrons. The van der Waals surface area contributed by atoms with Crippen LogP contribution in [0.1, 0.15) is 6.42 Å². The van der Waals surface area contributed by atoms with E-state index in [-0.39, 0.29) is 18.1 Å². The number of nitrogens with two attached hydrogens (primary N) is 1. The van der Waals surface area contributed by atoms with Crippen molar-refractivity contribution in [2.75, 3.05) is 5.32 Å². The van der Waals surface area contributed by atoms with Crippen molar-refractivity contribution in [1.82, 2.24) is 10.9 Å². The van der Waals surface area contributed by atoms with Gasteiger partial charge in [-0.2, -0.15) is 0 Å². The normalized spacial score (nSPS) is 24.4. The quantitative estimate of drug-likeness (QED) is 0.605. The van der Waals surface area contributed by atoms with Gasteiger partial charge in [0.2, 0.25) is 5.91 Å². The topological polar surface area (TPSA) is 79.2 Å². The van der Waals surface area contributed by atoms with Crippen molar-refractivity contribution in [2.45, 2.75) is 18.6 Å². The van der Waals surface area contributed by atoms with Crippen LogP contribution in [-0.2, 0) is 4.79 Å².